The molecule has 0 fully saturated rings. The Morgan fingerprint density at radius 1 is 1.64 bits per heavy atom. The van der Waals surface area contributed by atoms with Crippen LogP contribution >= 0.6 is 11.6 Å². The highest BCUT2D eigenvalue weighted by Gasteiger charge is 2.17. The normalized spacial score (nSPS) is 23.7. The lowest BCUT2D eigenvalue weighted by molar-refractivity contribution is -0.170. The third-order valence-corrected chi connectivity index (χ3v) is 1.33. The number of ether oxygens (including phenoxy) is 1. The fraction of sp³-hybridized carbons (Fsp3) is 0.600. The number of hydrogen-bond acceptors (Lipinski definition) is 5. The average molecular weight is 178 g/mol. The largest absolute Gasteiger partial charge is 0.341 e. The third-order valence-electron chi connectivity index (χ3n) is 1.13. The molecule has 1 heterocycles. The maximum Gasteiger partial charge on any atom is 0.254 e. The highest BCUT2D eigenvalue weighted by atomic mass is 35.5. The zero-order chi connectivity index (χ0) is 8.27. The van der Waals surface area contributed by atoms with Crippen molar-refractivity contribution in [3.8, 4) is 0 Å². The number of amidine groups is 1. The molecule has 0 aromatic carbocycles. The third kappa shape index (κ3) is 1.89. The molecule has 1 aliphatic rings. The number of aliphatic imine (C=N–C) groups is 2. The summed E-state index contributed by atoms with van der Waals surface area (Å²) in [7, 11) is 3.00. The lowest BCUT2D eigenvalue weighted by atomic mass is 10.8. The summed E-state index contributed by atoms with van der Waals surface area (Å²) < 4.78 is 4.90. The van der Waals surface area contributed by atoms with E-state index in [0.717, 1.165) is 0 Å². The molecule has 0 spiro atoms. The highest BCUT2D eigenvalue weighted by molar-refractivity contribution is 6.65. The van der Waals surface area contributed by atoms with Crippen LogP contribution in [0.25, 0.3) is 0 Å². The van der Waals surface area contributed by atoms with E-state index in [9.17, 15) is 0 Å². The van der Waals surface area contributed by atoms with Gasteiger partial charge in [0.05, 0.1) is 7.11 Å². The van der Waals surface area contributed by atoms with Crippen LogP contribution in [0.5, 0.6) is 0 Å². The Morgan fingerprint density at radius 3 is 2.91 bits per heavy atom. The van der Waals surface area contributed by atoms with Crippen LogP contribution in [0.4, 0.5) is 0 Å². The minimum atomic E-state index is -0.537. The van der Waals surface area contributed by atoms with Gasteiger partial charge in [0.2, 0.25) is 5.29 Å². The second kappa shape index (κ2) is 3.66. The predicted octanol–water partition coefficient (Wildman–Crippen LogP) is 0.416. The summed E-state index contributed by atoms with van der Waals surface area (Å²) in [4.78, 5) is 12.3. The molecule has 0 saturated carbocycles. The zero-order valence-corrected chi connectivity index (χ0v) is 6.95. The molecular formula is C5H8ClN3O2. The van der Waals surface area contributed by atoms with Gasteiger partial charge in [0.1, 0.15) is 6.34 Å². The first-order chi connectivity index (χ1) is 5.27. The van der Waals surface area contributed by atoms with E-state index < -0.39 is 6.35 Å². The van der Waals surface area contributed by atoms with Gasteiger partial charge < -0.3 is 4.74 Å². The molecule has 0 radical (unpaired) electrons. The molecule has 0 aliphatic carbocycles. The fourth-order valence-corrected chi connectivity index (χ4v) is 0.764. The molecular weight excluding hydrogens is 170 g/mol. The van der Waals surface area contributed by atoms with E-state index in [1.807, 2.05) is 0 Å². The van der Waals surface area contributed by atoms with Crippen molar-refractivity contribution in [2.75, 3.05) is 14.2 Å². The van der Waals surface area contributed by atoms with Crippen LogP contribution < -0.4 is 0 Å². The number of nitrogens with zero attached hydrogens (tertiary/aromatic N) is 3. The summed E-state index contributed by atoms with van der Waals surface area (Å²) >= 11 is 5.50. The van der Waals surface area contributed by atoms with Crippen LogP contribution in [0.2, 0.25) is 0 Å². The molecule has 0 saturated heterocycles. The van der Waals surface area contributed by atoms with Crippen molar-refractivity contribution < 1.29 is 9.57 Å². The predicted molar refractivity (Wildman–Crippen MR) is 41.4 cm³/mol. The van der Waals surface area contributed by atoms with E-state index in [1.54, 1.807) is 0 Å². The van der Waals surface area contributed by atoms with Gasteiger partial charge in [-0.05, 0) is 11.6 Å². The van der Waals surface area contributed by atoms with E-state index in [1.165, 1.54) is 25.6 Å². The topological polar surface area (TPSA) is 46.4 Å². The van der Waals surface area contributed by atoms with E-state index >= 15 is 0 Å². The number of rotatable bonds is 2. The van der Waals surface area contributed by atoms with Gasteiger partial charge in [-0.15, -0.1) is 0 Å². The van der Waals surface area contributed by atoms with Crippen molar-refractivity contribution in [1.82, 2.24) is 5.06 Å². The average Bonchev–Trinajstić information content (AvgIpc) is 2.04. The first-order valence-electron chi connectivity index (χ1n) is 2.90. The maximum atomic E-state index is 5.50. The van der Waals surface area contributed by atoms with Crippen molar-refractivity contribution >= 4 is 23.2 Å². The molecule has 1 unspecified atom stereocenters. The lowest BCUT2D eigenvalue weighted by Crippen LogP contribution is -2.36. The second-order valence-corrected chi connectivity index (χ2v) is 2.09. The van der Waals surface area contributed by atoms with Gasteiger partial charge in [-0.3, -0.25) is 4.84 Å². The van der Waals surface area contributed by atoms with Gasteiger partial charge in [-0.2, -0.15) is 5.06 Å². The van der Waals surface area contributed by atoms with Gasteiger partial charge in [0, 0.05) is 7.11 Å². The van der Waals surface area contributed by atoms with Gasteiger partial charge in [-0.25, -0.2) is 9.98 Å². The smallest absolute Gasteiger partial charge is 0.254 e. The second-order valence-electron chi connectivity index (χ2n) is 1.75. The molecule has 0 aromatic heterocycles. The number of halogens is 1. The molecule has 0 N–H and O–H groups in total. The number of methoxy groups -OCH3 is 1. The molecule has 11 heavy (non-hydrogen) atoms. The summed E-state index contributed by atoms with van der Waals surface area (Å²) in [6.07, 6.45) is 0.869. The zero-order valence-electron chi connectivity index (χ0n) is 6.19. The summed E-state index contributed by atoms with van der Waals surface area (Å²) in [5.41, 5.74) is 0. The van der Waals surface area contributed by atoms with Crippen LogP contribution in [0.3, 0.4) is 0 Å². The summed E-state index contributed by atoms with van der Waals surface area (Å²) in [5, 5.41) is 1.50. The van der Waals surface area contributed by atoms with Gasteiger partial charge in [-0.1, -0.05) is 0 Å². The molecule has 0 amide bonds. The molecule has 62 valence electrons. The van der Waals surface area contributed by atoms with Crippen molar-refractivity contribution in [2.45, 2.75) is 6.35 Å². The molecule has 0 bridgehead atoms. The van der Waals surface area contributed by atoms with Gasteiger partial charge in [0.15, 0.2) is 0 Å². The number of hydroxylamine groups is 2. The van der Waals surface area contributed by atoms with Crippen molar-refractivity contribution in [2.24, 2.45) is 9.98 Å². The molecule has 5 nitrogen and oxygen atoms in total. The van der Waals surface area contributed by atoms with Crippen LogP contribution in [-0.2, 0) is 9.57 Å². The van der Waals surface area contributed by atoms with Crippen LogP contribution in [0.15, 0.2) is 9.98 Å². The Balaban J connectivity index is 2.66. The van der Waals surface area contributed by atoms with E-state index in [2.05, 4.69) is 9.98 Å². The summed E-state index contributed by atoms with van der Waals surface area (Å²) in [5.74, 6) is 0. The number of hydrogen-bond donors (Lipinski definition) is 0. The molecule has 6 heteroatoms. The lowest BCUT2D eigenvalue weighted by Gasteiger charge is -2.24. The maximum absolute atomic E-state index is 5.50. The minimum absolute atomic E-state index is 0.158. The van der Waals surface area contributed by atoms with Crippen molar-refractivity contribution in [3.63, 3.8) is 0 Å². The quantitative estimate of drug-likeness (QED) is 0.575. The van der Waals surface area contributed by atoms with Gasteiger partial charge >= 0.3 is 0 Å². The molecule has 1 rings (SSSR count). The molecule has 1 aliphatic heterocycles. The van der Waals surface area contributed by atoms with Crippen LogP contribution in [0.1, 0.15) is 0 Å². The first kappa shape index (κ1) is 8.45. The minimum Gasteiger partial charge on any atom is -0.341 e. The summed E-state index contributed by atoms with van der Waals surface area (Å²) in [6.45, 7) is 0. The Bertz CT molecular complexity index is 194. The van der Waals surface area contributed by atoms with Crippen LogP contribution in [-0.4, -0.2) is 37.3 Å². The van der Waals surface area contributed by atoms with Crippen LogP contribution in [0, 0.1) is 0 Å². The monoisotopic (exact) mass is 177 g/mol. The van der Waals surface area contributed by atoms with E-state index in [0.29, 0.717) is 0 Å². The Labute approximate surface area is 69.2 Å². The highest BCUT2D eigenvalue weighted by Crippen LogP contribution is 2.07. The van der Waals surface area contributed by atoms with E-state index in [-0.39, 0.29) is 5.29 Å². The first-order valence-corrected chi connectivity index (χ1v) is 3.28. The Hall–Kier alpha value is -0.650. The Morgan fingerprint density at radius 2 is 2.36 bits per heavy atom. The van der Waals surface area contributed by atoms with Crippen molar-refractivity contribution in [1.29, 1.82) is 0 Å². The standard InChI is InChI=1S/C5H8ClN3O2/c1-10-5-8-4(6)7-3-9(5)11-2/h3,5H,1-2H3. The SMILES string of the molecule is COC1N=C(Cl)N=CN1OC. The molecule has 0 aromatic rings. The summed E-state index contributed by atoms with van der Waals surface area (Å²) in [6, 6.07) is 0. The Kier molecular flexibility index (Phi) is 2.81. The molecule has 1 atom stereocenters. The van der Waals surface area contributed by atoms with E-state index in [4.69, 9.17) is 21.2 Å². The van der Waals surface area contributed by atoms with Gasteiger partial charge in [0.25, 0.3) is 6.35 Å². The fourth-order valence-electron chi connectivity index (χ4n) is 0.637. The van der Waals surface area contributed by atoms with Crippen molar-refractivity contribution in [3.05, 3.63) is 0 Å².